The number of halogens is 2. The Morgan fingerprint density at radius 1 is 1.30 bits per heavy atom. The third kappa shape index (κ3) is 5.17. The van der Waals surface area contributed by atoms with E-state index in [4.69, 9.17) is 4.74 Å². The highest BCUT2D eigenvalue weighted by Crippen LogP contribution is 2.20. The van der Waals surface area contributed by atoms with Crippen molar-refractivity contribution >= 4 is 0 Å². The van der Waals surface area contributed by atoms with E-state index in [9.17, 15) is 8.78 Å². The van der Waals surface area contributed by atoms with Crippen LogP contribution in [-0.4, -0.2) is 25.3 Å². The van der Waals surface area contributed by atoms with E-state index in [1.165, 1.54) is 0 Å². The SMILES string of the molecule is CCCNC(Cc1cccc(F)c1F)CC(C)(C)OC. The average Bonchev–Trinajstić information content (AvgIpc) is 2.41. The van der Waals surface area contributed by atoms with Crippen LogP contribution in [0.15, 0.2) is 18.2 Å². The summed E-state index contributed by atoms with van der Waals surface area (Å²) in [6.45, 7) is 6.92. The van der Waals surface area contributed by atoms with Gasteiger partial charge in [-0.05, 0) is 51.3 Å². The minimum Gasteiger partial charge on any atom is -0.379 e. The molecule has 1 rings (SSSR count). The van der Waals surface area contributed by atoms with Crippen molar-refractivity contribution in [2.75, 3.05) is 13.7 Å². The Balaban J connectivity index is 2.80. The maximum atomic E-state index is 13.8. The molecule has 0 aliphatic carbocycles. The van der Waals surface area contributed by atoms with Crippen molar-refractivity contribution in [3.63, 3.8) is 0 Å². The number of rotatable bonds is 8. The Labute approximate surface area is 120 Å². The fourth-order valence-electron chi connectivity index (χ4n) is 2.21. The van der Waals surface area contributed by atoms with Gasteiger partial charge in [0.15, 0.2) is 11.6 Å². The van der Waals surface area contributed by atoms with Crippen molar-refractivity contribution in [3.8, 4) is 0 Å². The second-order valence-corrected chi connectivity index (χ2v) is 5.74. The molecule has 0 aromatic heterocycles. The predicted octanol–water partition coefficient (Wildman–Crippen LogP) is 3.69. The number of methoxy groups -OCH3 is 1. The van der Waals surface area contributed by atoms with Crippen molar-refractivity contribution in [3.05, 3.63) is 35.4 Å². The molecule has 0 saturated heterocycles. The molecule has 0 spiro atoms. The van der Waals surface area contributed by atoms with Crippen LogP contribution >= 0.6 is 0 Å². The Morgan fingerprint density at radius 2 is 2.00 bits per heavy atom. The van der Waals surface area contributed by atoms with Crippen LogP contribution in [0.1, 0.15) is 39.2 Å². The zero-order chi connectivity index (χ0) is 15.2. The van der Waals surface area contributed by atoms with E-state index in [2.05, 4.69) is 12.2 Å². The minimum absolute atomic E-state index is 0.0567. The maximum absolute atomic E-state index is 13.8. The van der Waals surface area contributed by atoms with Crippen molar-refractivity contribution < 1.29 is 13.5 Å². The lowest BCUT2D eigenvalue weighted by Gasteiger charge is -2.29. The van der Waals surface area contributed by atoms with Gasteiger partial charge in [0.05, 0.1) is 5.60 Å². The van der Waals surface area contributed by atoms with Crippen LogP contribution in [0.3, 0.4) is 0 Å². The van der Waals surface area contributed by atoms with E-state index in [-0.39, 0.29) is 11.6 Å². The summed E-state index contributed by atoms with van der Waals surface area (Å²) < 4.78 is 32.5. The van der Waals surface area contributed by atoms with E-state index in [1.54, 1.807) is 19.2 Å². The van der Waals surface area contributed by atoms with Gasteiger partial charge in [-0.15, -0.1) is 0 Å². The minimum atomic E-state index is -0.789. The molecule has 0 saturated carbocycles. The predicted molar refractivity (Wildman–Crippen MR) is 77.8 cm³/mol. The third-order valence-electron chi connectivity index (χ3n) is 3.47. The summed E-state index contributed by atoms with van der Waals surface area (Å²) in [5.74, 6) is -1.53. The highest BCUT2D eigenvalue weighted by molar-refractivity contribution is 5.20. The molecule has 0 heterocycles. The zero-order valence-corrected chi connectivity index (χ0v) is 12.8. The van der Waals surface area contributed by atoms with E-state index >= 15 is 0 Å². The largest absolute Gasteiger partial charge is 0.379 e. The van der Waals surface area contributed by atoms with Crippen LogP contribution in [0, 0.1) is 11.6 Å². The standard InChI is InChI=1S/C16H25F2NO/c1-5-9-19-13(11-16(2,3)20-4)10-12-7-6-8-14(17)15(12)18/h6-8,13,19H,5,9-11H2,1-4H3. The Morgan fingerprint density at radius 3 is 2.60 bits per heavy atom. The molecule has 1 aromatic carbocycles. The lowest BCUT2D eigenvalue weighted by molar-refractivity contribution is 0.00707. The van der Waals surface area contributed by atoms with Gasteiger partial charge in [0.2, 0.25) is 0 Å². The van der Waals surface area contributed by atoms with Crippen molar-refractivity contribution in [1.82, 2.24) is 5.32 Å². The smallest absolute Gasteiger partial charge is 0.162 e. The van der Waals surface area contributed by atoms with Crippen molar-refractivity contribution in [2.45, 2.75) is 51.7 Å². The molecule has 114 valence electrons. The van der Waals surface area contributed by atoms with Gasteiger partial charge in [0.1, 0.15) is 0 Å². The molecule has 0 amide bonds. The summed E-state index contributed by atoms with van der Waals surface area (Å²) in [6.07, 6.45) is 2.19. The molecule has 0 bridgehead atoms. The molecule has 0 fully saturated rings. The fourth-order valence-corrected chi connectivity index (χ4v) is 2.21. The molecule has 1 N–H and O–H groups in total. The van der Waals surface area contributed by atoms with Crippen molar-refractivity contribution in [1.29, 1.82) is 0 Å². The molecular weight excluding hydrogens is 260 g/mol. The van der Waals surface area contributed by atoms with Gasteiger partial charge >= 0.3 is 0 Å². The third-order valence-corrected chi connectivity index (χ3v) is 3.47. The van der Waals surface area contributed by atoms with E-state index in [1.807, 2.05) is 13.8 Å². The molecule has 1 atom stereocenters. The van der Waals surface area contributed by atoms with Crippen LogP contribution in [-0.2, 0) is 11.2 Å². The lowest BCUT2D eigenvalue weighted by Crippen LogP contribution is -2.39. The Kier molecular flexibility index (Phi) is 6.56. The van der Waals surface area contributed by atoms with Crippen LogP contribution < -0.4 is 5.32 Å². The van der Waals surface area contributed by atoms with E-state index in [0.717, 1.165) is 25.5 Å². The number of hydrogen-bond donors (Lipinski definition) is 1. The van der Waals surface area contributed by atoms with Crippen LogP contribution in [0.5, 0.6) is 0 Å². The molecule has 0 aliphatic heterocycles. The summed E-state index contributed by atoms with van der Waals surface area (Å²) in [7, 11) is 1.67. The molecule has 1 unspecified atom stereocenters. The molecule has 2 nitrogen and oxygen atoms in total. The summed E-state index contributed by atoms with van der Waals surface area (Å²) in [5, 5.41) is 3.39. The number of hydrogen-bond acceptors (Lipinski definition) is 2. The number of benzene rings is 1. The van der Waals surface area contributed by atoms with Gasteiger partial charge in [-0.3, -0.25) is 0 Å². The normalized spacial score (nSPS) is 13.5. The molecule has 4 heteroatoms. The lowest BCUT2D eigenvalue weighted by atomic mass is 9.93. The topological polar surface area (TPSA) is 21.3 Å². The molecule has 1 aromatic rings. The van der Waals surface area contributed by atoms with Gasteiger partial charge in [-0.1, -0.05) is 19.1 Å². The summed E-state index contributed by atoms with van der Waals surface area (Å²) in [4.78, 5) is 0. The van der Waals surface area contributed by atoms with E-state index < -0.39 is 11.6 Å². The first kappa shape index (κ1) is 17.1. The van der Waals surface area contributed by atoms with Crippen LogP contribution in [0.4, 0.5) is 8.78 Å². The quantitative estimate of drug-likeness (QED) is 0.786. The molecular formula is C16H25F2NO. The first-order valence-corrected chi connectivity index (χ1v) is 7.11. The molecule has 20 heavy (non-hydrogen) atoms. The Bertz CT molecular complexity index is 421. The van der Waals surface area contributed by atoms with Gasteiger partial charge < -0.3 is 10.1 Å². The molecule has 0 aliphatic rings. The van der Waals surface area contributed by atoms with Crippen molar-refractivity contribution in [2.24, 2.45) is 0 Å². The van der Waals surface area contributed by atoms with Gasteiger partial charge in [-0.25, -0.2) is 8.78 Å². The van der Waals surface area contributed by atoms with Gasteiger partial charge in [-0.2, -0.15) is 0 Å². The van der Waals surface area contributed by atoms with Gasteiger partial charge in [0.25, 0.3) is 0 Å². The average molecular weight is 285 g/mol. The highest BCUT2D eigenvalue weighted by atomic mass is 19.2. The first-order valence-electron chi connectivity index (χ1n) is 7.11. The van der Waals surface area contributed by atoms with Gasteiger partial charge in [0, 0.05) is 13.2 Å². The second-order valence-electron chi connectivity index (χ2n) is 5.74. The highest BCUT2D eigenvalue weighted by Gasteiger charge is 2.23. The number of ether oxygens (including phenoxy) is 1. The zero-order valence-electron chi connectivity index (χ0n) is 12.8. The Hall–Kier alpha value is -1.00. The number of nitrogens with one attached hydrogen (secondary N) is 1. The summed E-state index contributed by atoms with van der Waals surface area (Å²) in [6, 6.07) is 4.39. The monoisotopic (exact) mass is 285 g/mol. The summed E-state index contributed by atoms with van der Waals surface area (Å²) in [5.41, 5.74) is 0.111. The summed E-state index contributed by atoms with van der Waals surface area (Å²) >= 11 is 0. The fraction of sp³-hybridized carbons (Fsp3) is 0.625. The molecule has 0 radical (unpaired) electrons. The maximum Gasteiger partial charge on any atom is 0.162 e. The first-order chi connectivity index (χ1) is 9.39. The van der Waals surface area contributed by atoms with Crippen LogP contribution in [0.25, 0.3) is 0 Å². The second kappa shape index (κ2) is 7.70. The van der Waals surface area contributed by atoms with Crippen LogP contribution in [0.2, 0.25) is 0 Å². The van der Waals surface area contributed by atoms with E-state index in [0.29, 0.717) is 12.0 Å².